The van der Waals surface area contributed by atoms with E-state index in [1.165, 1.54) is 11.8 Å². The lowest BCUT2D eigenvalue weighted by molar-refractivity contribution is -0.113. The summed E-state index contributed by atoms with van der Waals surface area (Å²) in [4.78, 5) is 19.4. The molecule has 3 unspecified atom stereocenters. The van der Waals surface area contributed by atoms with Gasteiger partial charge in [-0.25, -0.2) is 10.4 Å². The highest BCUT2D eigenvalue weighted by Gasteiger charge is 2.43. The van der Waals surface area contributed by atoms with Gasteiger partial charge in [-0.1, -0.05) is 29.5 Å². The predicted molar refractivity (Wildman–Crippen MR) is 132 cm³/mol. The van der Waals surface area contributed by atoms with Crippen LogP contribution in [0.1, 0.15) is 12.5 Å². The molecule has 0 radical (unpaired) electrons. The van der Waals surface area contributed by atoms with Crippen LogP contribution in [-0.2, 0) is 4.79 Å². The lowest BCUT2D eigenvalue weighted by atomic mass is 9.97. The monoisotopic (exact) mass is 468 g/mol. The third-order valence-corrected chi connectivity index (χ3v) is 6.60. The fourth-order valence-corrected chi connectivity index (χ4v) is 4.71. The van der Waals surface area contributed by atoms with Crippen LogP contribution in [0.25, 0.3) is 0 Å². The molecule has 33 heavy (non-hydrogen) atoms. The van der Waals surface area contributed by atoms with Crippen molar-refractivity contribution in [3.8, 4) is 11.5 Å². The molecule has 1 saturated heterocycles. The number of carbonyl (C=O) groups is 1. The topological polar surface area (TPSA) is 111 Å². The highest BCUT2D eigenvalue weighted by Crippen LogP contribution is 2.32. The van der Waals surface area contributed by atoms with Crippen LogP contribution in [0, 0.1) is 18.3 Å². The zero-order chi connectivity index (χ0) is 23.5. The van der Waals surface area contributed by atoms with Crippen molar-refractivity contribution >= 4 is 40.0 Å². The Morgan fingerprint density at radius 1 is 1.18 bits per heavy atom. The molecule has 1 fully saturated rings. The van der Waals surface area contributed by atoms with Crippen molar-refractivity contribution in [2.24, 2.45) is 10.9 Å². The van der Waals surface area contributed by atoms with Crippen molar-refractivity contribution in [1.82, 2.24) is 10.9 Å². The van der Waals surface area contributed by atoms with E-state index in [1.54, 1.807) is 32.4 Å². The molecular weight excluding hydrogens is 440 g/mol. The second kappa shape index (κ2) is 9.82. The van der Waals surface area contributed by atoms with E-state index in [0.717, 1.165) is 11.3 Å². The van der Waals surface area contributed by atoms with Gasteiger partial charge >= 0.3 is 0 Å². The van der Waals surface area contributed by atoms with Gasteiger partial charge in [0.05, 0.1) is 31.6 Å². The van der Waals surface area contributed by atoms with Gasteiger partial charge in [-0.3, -0.25) is 20.5 Å². The fraction of sp³-hybridized carbons (Fsp3) is 0.348. The number of aliphatic imine (C=N–C) groups is 1. The Morgan fingerprint density at radius 2 is 1.94 bits per heavy atom. The maximum Gasteiger partial charge on any atom is 0.234 e. The number of benzene rings is 2. The van der Waals surface area contributed by atoms with Crippen LogP contribution < -0.4 is 30.5 Å². The molecule has 4 rings (SSSR count). The van der Waals surface area contributed by atoms with E-state index in [2.05, 4.69) is 16.2 Å². The highest BCUT2D eigenvalue weighted by atomic mass is 32.2. The third kappa shape index (κ3) is 4.82. The van der Waals surface area contributed by atoms with E-state index in [-0.39, 0.29) is 29.8 Å². The molecule has 0 aliphatic carbocycles. The molecule has 2 aliphatic heterocycles. The van der Waals surface area contributed by atoms with Gasteiger partial charge in [-0.2, -0.15) is 0 Å². The van der Waals surface area contributed by atoms with Gasteiger partial charge in [-0.05, 0) is 38.1 Å². The number of rotatable bonds is 6. The van der Waals surface area contributed by atoms with Gasteiger partial charge in [0.2, 0.25) is 5.91 Å². The van der Waals surface area contributed by atoms with E-state index < -0.39 is 0 Å². The molecule has 2 heterocycles. The average Bonchev–Trinajstić information content (AvgIpc) is 3.19. The van der Waals surface area contributed by atoms with E-state index >= 15 is 0 Å². The Morgan fingerprint density at radius 3 is 2.64 bits per heavy atom. The number of nitrogens with zero attached hydrogens (tertiary/aromatic N) is 2. The minimum Gasteiger partial charge on any atom is -0.497 e. The van der Waals surface area contributed by atoms with Crippen molar-refractivity contribution in [3.63, 3.8) is 0 Å². The molecule has 174 valence electrons. The number of ether oxygens (including phenoxy) is 2. The third-order valence-electron chi connectivity index (χ3n) is 5.64. The van der Waals surface area contributed by atoms with Crippen molar-refractivity contribution in [3.05, 3.63) is 48.0 Å². The smallest absolute Gasteiger partial charge is 0.234 e. The maximum atomic E-state index is 12.8. The van der Waals surface area contributed by atoms with Gasteiger partial charge in [0.15, 0.2) is 5.17 Å². The van der Waals surface area contributed by atoms with Gasteiger partial charge in [0, 0.05) is 17.8 Å². The Balaban J connectivity index is 1.52. The van der Waals surface area contributed by atoms with Crippen LogP contribution in [0.4, 0.5) is 11.4 Å². The summed E-state index contributed by atoms with van der Waals surface area (Å²) in [6.45, 7) is 4.05. The van der Waals surface area contributed by atoms with E-state index in [1.807, 2.05) is 43.0 Å². The highest BCUT2D eigenvalue weighted by molar-refractivity contribution is 8.14. The summed E-state index contributed by atoms with van der Waals surface area (Å²) >= 11 is 1.30. The number of hydrogen-bond donors (Lipinski definition) is 4. The number of nitrogens with one attached hydrogen (secondary N) is 4. The minimum absolute atomic E-state index is 0.0663. The number of hydrazine groups is 1. The van der Waals surface area contributed by atoms with Gasteiger partial charge < -0.3 is 14.8 Å². The summed E-state index contributed by atoms with van der Waals surface area (Å²) in [5, 5.41) is 12.4. The Bertz CT molecular complexity index is 1070. The lowest BCUT2D eigenvalue weighted by Crippen LogP contribution is -2.50. The van der Waals surface area contributed by atoms with Gasteiger partial charge in [0.1, 0.15) is 23.5 Å². The van der Waals surface area contributed by atoms with Gasteiger partial charge in [0.25, 0.3) is 0 Å². The molecule has 10 heteroatoms. The molecule has 3 atom stereocenters. The zero-order valence-electron chi connectivity index (χ0n) is 19.0. The first-order chi connectivity index (χ1) is 15.9. The number of hydrogen-bond acceptors (Lipinski definition) is 8. The molecule has 9 nitrogen and oxygen atoms in total. The predicted octanol–water partition coefficient (Wildman–Crippen LogP) is 2.98. The number of methoxy groups -OCH3 is 2. The van der Waals surface area contributed by atoms with Gasteiger partial charge in [-0.15, -0.1) is 0 Å². The molecule has 2 aromatic carbocycles. The fourth-order valence-electron chi connectivity index (χ4n) is 3.86. The standard InChI is InChI=1S/C23H28N6O3S/c1-13-5-7-15(8-6-13)29-21(24)20-14(2)27-28-22(20)26-23(29)33-12-19(30)25-17-10-9-16(31-3)11-18(17)32-4/h5-11,14,20,22,24,27-28H,12H2,1-4H3,(H,25,30). The van der Waals surface area contributed by atoms with E-state index in [4.69, 9.17) is 19.9 Å². The molecule has 2 aromatic rings. The summed E-state index contributed by atoms with van der Waals surface area (Å²) < 4.78 is 10.6. The number of thioether (sulfide) groups is 1. The Labute approximate surface area is 197 Å². The van der Waals surface area contributed by atoms with E-state index in [9.17, 15) is 4.79 Å². The molecule has 2 aliphatic rings. The molecule has 0 spiro atoms. The maximum absolute atomic E-state index is 12.8. The average molecular weight is 469 g/mol. The summed E-state index contributed by atoms with van der Waals surface area (Å²) in [6.07, 6.45) is -0.249. The van der Waals surface area contributed by atoms with Crippen molar-refractivity contribution in [2.45, 2.75) is 26.1 Å². The zero-order valence-corrected chi connectivity index (χ0v) is 19.8. The molecule has 4 N–H and O–H groups in total. The summed E-state index contributed by atoms with van der Waals surface area (Å²) in [6, 6.07) is 13.3. The summed E-state index contributed by atoms with van der Waals surface area (Å²) in [5.41, 5.74) is 8.88. The number of carbonyl (C=O) groups excluding carboxylic acids is 1. The number of fused-ring (bicyclic) bond motifs is 1. The van der Waals surface area contributed by atoms with Crippen LogP contribution >= 0.6 is 11.8 Å². The normalized spacial score (nSPS) is 21.9. The van der Waals surface area contributed by atoms with Crippen LogP contribution in [0.15, 0.2) is 47.5 Å². The lowest BCUT2D eigenvalue weighted by Gasteiger charge is -2.36. The molecule has 0 bridgehead atoms. The molecular formula is C23H28N6O3S. The van der Waals surface area contributed by atoms with Crippen LogP contribution in [-0.4, -0.2) is 49.1 Å². The first kappa shape index (κ1) is 23.1. The first-order valence-corrected chi connectivity index (χ1v) is 11.6. The Hall–Kier alpha value is -3.08. The second-order valence-corrected chi connectivity index (χ2v) is 8.86. The van der Waals surface area contributed by atoms with Crippen molar-refractivity contribution < 1.29 is 14.3 Å². The van der Waals surface area contributed by atoms with Crippen LogP contribution in [0.2, 0.25) is 0 Å². The van der Waals surface area contributed by atoms with Crippen LogP contribution in [0.5, 0.6) is 11.5 Å². The molecule has 1 amide bonds. The number of amidine groups is 2. The SMILES string of the molecule is COc1ccc(NC(=O)CSC2=NC3NNC(C)C3C(=N)N2c2ccc(C)cc2)c(OC)c1. The second-order valence-electron chi connectivity index (χ2n) is 7.92. The Kier molecular flexibility index (Phi) is 6.87. The summed E-state index contributed by atoms with van der Waals surface area (Å²) in [5.74, 6) is 1.43. The largest absolute Gasteiger partial charge is 0.497 e. The first-order valence-electron chi connectivity index (χ1n) is 10.6. The molecule has 0 saturated carbocycles. The molecule has 0 aromatic heterocycles. The minimum atomic E-state index is -0.249. The number of aryl methyl sites for hydroxylation is 1. The van der Waals surface area contributed by atoms with Crippen molar-refractivity contribution in [1.29, 1.82) is 5.41 Å². The van der Waals surface area contributed by atoms with Crippen molar-refractivity contribution in [2.75, 3.05) is 30.2 Å². The van der Waals surface area contributed by atoms with Crippen LogP contribution in [0.3, 0.4) is 0 Å². The van der Waals surface area contributed by atoms with E-state index in [0.29, 0.717) is 28.2 Å². The summed E-state index contributed by atoms with van der Waals surface area (Å²) in [7, 11) is 3.12. The number of amides is 1. The quantitative estimate of drug-likeness (QED) is 0.516. The number of anilines is 2.